The van der Waals surface area contributed by atoms with Gasteiger partial charge in [-0.1, -0.05) is 39.1 Å². The minimum absolute atomic E-state index is 0.134. The summed E-state index contributed by atoms with van der Waals surface area (Å²) >= 11 is 14.7. The summed E-state index contributed by atoms with van der Waals surface area (Å²) in [6.45, 7) is -0.134. The van der Waals surface area contributed by atoms with Crippen molar-refractivity contribution < 1.29 is 5.11 Å². The first-order chi connectivity index (χ1) is 5.15. The number of halogens is 3. The smallest absolute Gasteiger partial charge is 0.0711 e. The third-order valence-corrected chi connectivity index (χ3v) is 2.40. The Morgan fingerprint density at radius 1 is 1.27 bits per heavy atom. The van der Waals surface area contributed by atoms with E-state index in [1.807, 2.05) is 0 Å². The summed E-state index contributed by atoms with van der Waals surface area (Å²) in [5, 5.41) is 9.76. The molecule has 11 heavy (non-hydrogen) atoms. The molecule has 0 fully saturated rings. The molecule has 0 unspecified atom stereocenters. The molecule has 1 aromatic rings. The van der Waals surface area contributed by atoms with Crippen molar-refractivity contribution in [2.45, 2.75) is 6.61 Å². The van der Waals surface area contributed by atoms with Gasteiger partial charge in [0, 0.05) is 20.1 Å². The van der Waals surface area contributed by atoms with Gasteiger partial charge in [-0.2, -0.15) is 0 Å². The van der Waals surface area contributed by atoms with E-state index in [9.17, 15) is 0 Å². The maximum atomic E-state index is 8.81. The van der Waals surface area contributed by atoms with Crippen LogP contribution in [-0.2, 0) is 6.61 Å². The van der Waals surface area contributed by atoms with Crippen molar-refractivity contribution in [2.24, 2.45) is 0 Å². The number of benzene rings is 1. The van der Waals surface area contributed by atoms with Gasteiger partial charge in [0.25, 0.3) is 0 Å². The lowest BCUT2D eigenvalue weighted by Crippen LogP contribution is -1.86. The van der Waals surface area contributed by atoms with E-state index in [4.69, 9.17) is 28.3 Å². The molecule has 0 atom stereocenters. The molecule has 60 valence electrons. The Bertz CT molecular complexity index is 252. The van der Waals surface area contributed by atoms with Crippen molar-refractivity contribution in [2.75, 3.05) is 0 Å². The molecule has 1 rings (SSSR count). The highest BCUT2D eigenvalue weighted by Gasteiger charge is 2.05. The van der Waals surface area contributed by atoms with Gasteiger partial charge in [0.1, 0.15) is 0 Å². The first kappa shape index (κ1) is 9.33. The summed E-state index contributed by atoms with van der Waals surface area (Å²) in [7, 11) is 0. The summed E-state index contributed by atoms with van der Waals surface area (Å²) in [5.41, 5.74) is 0.566. The molecule has 0 radical (unpaired) electrons. The lowest BCUT2D eigenvalue weighted by molar-refractivity contribution is 0.282. The van der Waals surface area contributed by atoms with E-state index in [1.165, 1.54) is 0 Å². The lowest BCUT2D eigenvalue weighted by atomic mass is 10.2. The van der Waals surface area contributed by atoms with E-state index in [-0.39, 0.29) is 6.61 Å². The largest absolute Gasteiger partial charge is 0.392 e. The van der Waals surface area contributed by atoms with Crippen molar-refractivity contribution in [3.63, 3.8) is 0 Å². The number of aliphatic hydroxyl groups is 1. The van der Waals surface area contributed by atoms with Crippen LogP contribution in [0.5, 0.6) is 0 Å². The van der Waals surface area contributed by atoms with Crippen LogP contribution in [0, 0.1) is 0 Å². The summed E-state index contributed by atoms with van der Waals surface area (Å²) in [6.07, 6.45) is 0. The van der Waals surface area contributed by atoms with E-state index in [0.29, 0.717) is 15.6 Å². The average Bonchev–Trinajstić information content (AvgIpc) is 1.85. The molecule has 0 aliphatic heterocycles. The molecule has 0 aromatic heterocycles. The number of aliphatic hydroxyl groups excluding tert-OH is 1. The number of rotatable bonds is 1. The predicted molar refractivity (Wildman–Crippen MR) is 50.1 cm³/mol. The molecule has 0 amide bonds. The van der Waals surface area contributed by atoms with Crippen LogP contribution in [0.25, 0.3) is 0 Å². The van der Waals surface area contributed by atoms with Gasteiger partial charge in [-0.3, -0.25) is 0 Å². The lowest BCUT2D eigenvalue weighted by Gasteiger charge is -2.03. The Morgan fingerprint density at radius 3 is 2.09 bits per heavy atom. The van der Waals surface area contributed by atoms with E-state index in [1.54, 1.807) is 12.1 Å². The van der Waals surface area contributed by atoms with Gasteiger partial charge < -0.3 is 5.11 Å². The molecule has 0 saturated heterocycles. The predicted octanol–water partition coefficient (Wildman–Crippen LogP) is 3.25. The molecule has 0 bridgehead atoms. The van der Waals surface area contributed by atoms with Crippen molar-refractivity contribution in [3.8, 4) is 0 Å². The van der Waals surface area contributed by atoms with Crippen molar-refractivity contribution >= 4 is 39.1 Å². The highest BCUT2D eigenvalue weighted by molar-refractivity contribution is 9.10. The van der Waals surface area contributed by atoms with Crippen LogP contribution >= 0.6 is 39.1 Å². The molecule has 0 spiro atoms. The molecule has 1 N–H and O–H groups in total. The highest BCUT2D eigenvalue weighted by atomic mass is 79.9. The van der Waals surface area contributed by atoms with Gasteiger partial charge in [0.2, 0.25) is 0 Å². The average molecular weight is 256 g/mol. The normalized spacial score (nSPS) is 10.2. The summed E-state index contributed by atoms with van der Waals surface area (Å²) in [5.74, 6) is 0. The minimum Gasteiger partial charge on any atom is -0.392 e. The third-order valence-electron chi connectivity index (χ3n) is 1.26. The second kappa shape index (κ2) is 3.76. The van der Waals surface area contributed by atoms with Crippen LogP contribution < -0.4 is 0 Å². The molecule has 0 heterocycles. The van der Waals surface area contributed by atoms with E-state index in [2.05, 4.69) is 15.9 Å². The highest BCUT2D eigenvalue weighted by Crippen LogP contribution is 2.28. The first-order valence-electron chi connectivity index (χ1n) is 2.89. The zero-order valence-corrected chi connectivity index (χ0v) is 8.54. The fourth-order valence-electron chi connectivity index (χ4n) is 0.723. The van der Waals surface area contributed by atoms with Crippen LogP contribution in [0.1, 0.15) is 5.56 Å². The fourth-order valence-corrected chi connectivity index (χ4v) is 2.05. The summed E-state index contributed by atoms with van der Waals surface area (Å²) in [4.78, 5) is 0. The number of hydrogen-bond donors (Lipinski definition) is 1. The summed E-state index contributed by atoms with van der Waals surface area (Å²) in [6, 6.07) is 3.39. The van der Waals surface area contributed by atoms with Crippen LogP contribution in [0.2, 0.25) is 10.0 Å². The SMILES string of the molecule is OCc1c(Cl)cc(Br)cc1Cl. The quantitative estimate of drug-likeness (QED) is 0.817. The molecule has 0 aliphatic carbocycles. The molecular formula is C7H5BrCl2O. The van der Waals surface area contributed by atoms with Gasteiger partial charge in [-0.05, 0) is 12.1 Å². The maximum absolute atomic E-state index is 8.81. The van der Waals surface area contributed by atoms with E-state index < -0.39 is 0 Å². The Labute approximate surface area is 83.1 Å². The van der Waals surface area contributed by atoms with Gasteiger partial charge in [0.15, 0.2) is 0 Å². The molecule has 1 aromatic carbocycles. The number of hydrogen-bond acceptors (Lipinski definition) is 1. The molecule has 4 heteroatoms. The van der Waals surface area contributed by atoms with E-state index >= 15 is 0 Å². The van der Waals surface area contributed by atoms with Crippen molar-refractivity contribution in [3.05, 3.63) is 32.2 Å². The first-order valence-corrected chi connectivity index (χ1v) is 4.44. The van der Waals surface area contributed by atoms with Crippen LogP contribution in [0.3, 0.4) is 0 Å². The molecular weight excluding hydrogens is 251 g/mol. The topological polar surface area (TPSA) is 20.2 Å². The molecule has 1 nitrogen and oxygen atoms in total. The minimum atomic E-state index is -0.134. The Kier molecular flexibility index (Phi) is 3.19. The van der Waals surface area contributed by atoms with Gasteiger partial charge in [-0.25, -0.2) is 0 Å². The fraction of sp³-hybridized carbons (Fsp3) is 0.143. The molecule has 0 saturated carbocycles. The molecule has 0 aliphatic rings. The zero-order valence-electron chi connectivity index (χ0n) is 5.44. The second-order valence-corrected chi connectivity index (χ2v) is 3.74. The zero-order chi connectivity index (χ0) is 8.43. The maximum Gasteiger partial charge on any atom is 0.0711 e. The van der Waals surface area contributed by atoms with Crippen molar-refractivity contribution in [1.82, 2.24) is 0 Å². The van der Waals surface area contributed by atoms with Gasteiger partial charge in [-0.15, -0.1) is 0 Å². The van der Waals surface area contributed by atoms with Crippen LogP contribution in [-0.4, -0.2) is 5.11 Å². The monoisotopic (exact) mass is 254 g/mol. The summed E-state index contributed by atoms with van der Waals surface area (Å²) < 4.78 is 0.810. The van der Waals surface area contributed by atoms with Crippen LogP contribution in [0.4, 0.5) is 0 Å². The van der Waals surface area contributed by atoms with E-state index in [0.717, 1.165) is 4.47 Å². The van der Waals surface area contributed by atoms with Crippen LogP contribution in [0.15, 0.2) is 16.6 Å². The Hall–Kier alpha value is 0.240. The Balaban J connectivity index is 3.25. The van der Waals surface area contributed by atoms with Gasteiger partial charge in [0.05, 0.1) is 6.61 Å². The Morgan fingerprint density at radius 2 is 1.73 bits per heavy atom. The van der Waals surface area contributed by atoms with Gasteiger partial charge >= 0.3 is 0 Å². The second-order valence-electron chi connectivity index (χ2n) is 2.01. The third kappa shape index (κ3) is 2.09. The van der Waals surface area contributed by atoms with Crippen molar-refractivity contribution in [1.29, 1.82) is 0 Å². The standard InChI is InChI=1S/C7H5BrCl2O/c8-4-1-6(9)5(3-11)7(10)2-4/h1-2,11H,3H2.